The van der Waals surface area contributed by atoms with Crippen molar-refractivity contribution in [3.05, 3.63) is 17.1 Å². The molecule has 5 nitrogen and oxygen atoms in total. The number of nitrogens with zero attached hydrogens (tertiary/aromatic N) is 2. The maximum Gasteiger partial charge on any atom is 0.222 e. The number of carbonyl (C=O) groups is 1. The molecular weight excluding hydrogens is 260 g/mol. The van der Waals surface area contributed by atoms with Crippen LogP contribution in [0.5, 0.6) is 0 Å². The Hall–Kier alpha value is -1.82. The normalized spacial score (nSPS) is 19.2. The summed E-state index contributed by atoms with van der Waals surface area (Å²) in [4.78, 5) is 17.8. The second-order valence-electron chi connectivity index (χ2n) is 4.95. The number of thiazole rings is 1. The summed E-state index contributed by atoms with van der Waals surface area (Å²) in [6, 6.07) is 3.98. The van der Waals surface area contributed by atoms with Gasteiger partial charge in [0.1, 0.15) is 0 Å². The van der Waals surface area contributed by atoms with E-state index in [9.17, 15) is 4.79 Å². The van der Waals surface area contributed by atoms with Gasteiger partial charge < -0.3 is 16.4 Å². The molecule has 1 aromatic carbocycles. The predicted molar refractivity (Wildman–Crippen MR) is 78.3 cm³/mol. The number of nitrogen functional groups attached to an aromatic ring is 1. The van der Waals surface area contributed by atoms with Gasteiger partial charge in [-0.25, -0.2) is 4.98 Å². The third kappa shape index (κ3) is 2.12. The molecular formula is C13H16N4OS. The van der Waals surface area contributed by atoms with Crippen LogP contribution in [0.15, 0.2) is 12.1 Å². The van der Waals surface area contributed by atoms with Crippen molar-refractivity contribution >= 4 is 38.8 Å². The summed E-state index contributed by atoms with van der Waals surface area (Å²) in [6.07, 6.45) is 0.795. The number of primary amides is 1. The van der Waals surface area contributed by atoms with Gasteiger partial charge in [-0.05, 0) is 25.5 Å². The number of fused-ring (bicyclic) bond motifs is 1. The fraction of sp³-hybridized carbons (Fsp3) is 0.385. The Morgan fingerprint density at radius 3 is 3.00 bits per heavy atom. The van der Waals surface area contributed by atoms with Crippen LogP contribution in [0.3, 0.4) is 0 Å². The molecule has 6 heteroatoms. The maximum atomic E-state index is 11.2. The molecule has 4 N–H and O–H groups in total. The second-order valence-corrected chi connectivity index (χ2v) is 6.18. The number of carbonyl (C=O) groups excluding carboxylic acids is 1. The van der Waals surface area contributed by atoms with E-state index in [1.807, 2.05) is 19.1 Å². The number of rotatable bonds is 2. The SMILES string of the molecule is Cc1nc2cc(N3CCC(C(N)=O)C3)c(N)cc2s1. The van der Waals surface area contributed by atoms with Crippen LogP contribution in [0.25, 0.3) is 10.2 Å². The predicted octanol–water partition coefficient (Wildman–Crippen LogP) is 1.50. The summed E-state index contributed by atoms with van der Waals surface area (Å²) in [6.45, 7) is 3.44. The van der Waals surface area contributed by atoms with Crippen molar-refractivity contribution in [1.29, 1.82) is 0 Å². The highest BCUT2D eigenvalue weighted by molar-refractivity contribution is 7.18. The van der Waals surface area contributed by atoms with Gasteiger partial charge in [-0.1, -0.05) is 0 Å². The number of hydrogen-bond donors (Lipinski definition) is 2. The molecule has 2 heterocycles. The molecule has 1 saturated heterocycles. The smallest absolute Gasteiger partial charge is 0.222 e. The maximum absolute atomic E-state index is 11.2. The van der Waals surface area contributed by atoms with E-state index in [-0.39, 0.29) is 11.8 Å². The van der Waals surface area contributed by atoms with Gasteiger partial charge >= 0.3 is 0 Å². The van der Waals surface area contributed by atoms with Gasteiger partial charge in [-0.15, -0.1) is 11.3 Å². The minimum absolute atomic E-state index is 0.0766. The van der Waals surface area contributed by atoms with Crippen LogP contribution >= 0.6 is 11.3 Å². The number of aryl methyl sites for hydroxylation is 1. The van der Waals surface area contributed by atoms with Crippen LogP contribution in [0, 0.1) is 12.8 Å². The van der Waals surface area contributed by atoms with E-state index < -0.39 is 0 Å². The molecule has 100 valence electrons. The minimum Gasteiger partial charge on any atom is -0.397 e. The molecule has 1 atom stereocenters. The van der Waals surface area contributed by atoms with Crippen molar-refractivity contribution in [2.24, 2.45) is 11.7 Å². The molecule has 0 radical (unpaired) electrons. The number of nitrogens with two attached hydrogens (primary N) is 2. The summed E-state index contributed by atoms with van der Waals surface area (Å²) >= 11 is 1.64. The zero-order valence-electron chi connectivity index (χ0n) is 10.7. The van der Waals surface area contributed by atoms with Gasteiger partial charge in [-0.3, -0.25) is 4.79 Å². The standard InChI is InChI=1S/C13H16N4OS/c1-7-16-10-5-11(9(14)4-12(10)19-7)17-3-2-8(6-17)13(15)18/h4-5,8H,2-3,6,14H2,1H3,(H2,15,18). The first kappa shape index (κ1) is 12.2. The van der Waals surface area contributed by atoms with Crippen LogP contribution in [0.4, 0.5) is 11.4 Å². The summed E-state index contributed by atoms with van der Waals surface area (Å²) in [7, 11) is 0. The minimum atomic E-state index is -0.230. The van der Waals surface area contributed by atoms with Crippen LogP contribution in [0.2, 0.25) is 0 Å². The van der Waals surface area contributed by atoms with E-state index in [0.29, 0.717) is 6.54 Å². The highest BCUT2D eigenvalue weighted by atomic mass is 32.1. The van der Waals surface area contributed by atoms with Crippen molar-refractivity contribution in [3.63, 3.8) is 0 Å². The summed E-state index contributed by atoms with van der Waals surface area (Å²) in [5, 5.41) is 1.03. The second kappa shape index (κ2) is 4.38. The molecule has 19 heavy (non-hydrogen) atoms. The van der Waals surface area contributed by atoms with Crippen LogP contribution in [-0.2, 0) is 4.79 Å². The van der Waals surface area contributed by atoms with Gasteiger partial charge in [0.25, 0.3) is 0 Å². The number of aromatic nitrogens is 1. The molecule has 0 aliphatic carbocycles. The quantitative estimate of drug-likeness (QED) is 0.814. The van der Waals surface area contributed by atoms with E-state index in [4.69, 9.17) is 11.5 Å². The van der Waals surface area contributed by atoms with Crippen molar-refractivity contribution in [2.45, 2.75) is 13.3 Å². The first-order valence-corrected chi connectivity index (χ1v) is 7.07. The lowest BCUT2D eigenvalue weighted by molar-refractivity contribution is -0.121. The Bertz CT molecular complexity index is 651. The lowest BCUT2D eigenvalue weighted by atomic mass is 10.1. The molecule has 1 aliphatic rings. The zero-order chi connectivity index (χ0) is 13.6. The average Bonchev–Trinajstić information content (AvgIpc) is 2.92. The number of benzene rings is 1. The summed E-state index contributed by atoms with van der Waals surface area (Å²) in [5.74, 6) is -0.307. The average molecular weight is 276 g/mol. The Morgan fingerprint density at radius 1 is 1.53 bits per heavy atom. The molecule has 0 spiro atoms. The van der Waals surface area contributed by atoms with Gasteiger partial charge in [0.15, 0.2) is 0 Å². The van der Waals surface area contributed by atoms with Crippen molar-refractivity contribution in [1.82, 2.24) is 4.98 Å². The summed E-state index contributed by atoms with van der Waals surface area (Å²) < 4.78 is 1.10. The zero-order valence-corrected chi connectivity index (χ0v) is 11.5. The van der Waals surface area contributed by atoms with Crippen LogP contribution in [0.1, 0.15) is 11.4 Å². The highest BCUT2D eigenvalue weighted by Gasteiger charge is 2.28. The van der Waals surface area contributed by atoms with Gasteiger partial charge in [-0.2, -0.15) is 0 Å². The fourth-order valence-electron chi connectivity index (χ4n) is 2.58. The molecule has 2 aromatic rings. The Balaban J connectivity index is 1.96. The third-order valence-corrected chi connectivity index (χ3v) is 4.51. The first-order chi connectivity index (χ1) is 9.04. The number of amides is 1. The van der Waals surface area contributed by atoms with Crippen molar-refractivity contribution < 1.29 is 4.79 Å². The van der Waals surface area contributed by atoms with Crippen molar-refractivity contribution in [2.75, 3.05) is 23.7 Å². The molecule has 1 amide bonds. The fourth-order valence-corrected chi connectivity index (χ4v) is 3.44. The van der Waals surface area contributed by atoms with E-state index in [1.54, 1.807) is 11.3 Å². The van der Waals surface area contributed by atoms with Crippen molar-refractivity contribution in [3.8, 4) is 0 Å². The van der Waals surface area contributed by atoms with Gasteiger partial charge in [0.05, 0.1) is 32.5 Å². The highest BCUT2D eigenvalue weighted by Crippen LogP contribution is 2.34. The van der Waals surface area contributed by atoms with Crippen LogP contribution < -0.4 is 16.4 Å². The molecule has 1 unspecified atom stereocenters. The molecule has 0 saturated carbocycles. The lowest BCUT2D eigenvalue weighted by Gasteiger charge is -2.20. The Kier molecular flexibility index (Phi) is 2.82. The molecule has 1 aromatic heterocycles. The molecule has 1 fully saturated rings. The van der Waals surface area contributed by atoms with E-state index in [2.05, 4.69) is 9.88 Å². The first-order valence-electron chi connectivity index (χ1n) is 6.25. The number of hydrogen-bond acceptors (Lipinski definition) is 5. The topological polar surface area (TPSA) is 85.2 Å². The van der Waals surface area contributed by atoms with Gasteiger partial charge in [0, 0.05) is 13.1 Å². The van der Waals surface area contributed by atoms with E-state index in [1.165, 1.54) is 0 Å². The van der Waals surface area contributed by atoms with Crippen LogP contribution in [-0.4, -0.2) is 24.0 Å². The van der Waals surface area contributed by atoms with Gasteiger partial charge in [0.2, 0.25) is 5.91 Å². The molecule has 3 rings (SSSR count). The third-order valence-electron chi connectivity index (χ3n) is 3.58. The number of anilines is 2. The molecule has 1 aliphatic heterocycles. The Labute approximate surface area is 115 Å². The largest absolute Gasteiger partial charge is 0.397 e. The Morgan fingerprint density at radius 2 is 2.32 bits per heavy atom. The lowest BCUT2D eigenvalue weighted by Crippen LogP contribution is -2.27. The summed E-state index contributed by atoms with van der Waals surface area (Å²) in [5.41, 5.74) is 14.1. The van der Waals surface area contributed by atoms with E-state index >= 15 is 0 Å². The molecule has 0 bridgehead atoms. The monoisotopic (exact) mass is 276 g/mol. The van der Waals surface area contributed by atoms with E-state index in [0.717, 1.165) is 39.6 Å².